The third kappa shape index (κ3) is 6.90. The van der Waals surface area contributed by atoms with Gasteiger partial charge in [-0.25, -0.2) is 9.18 Å². The Morgan fingerprint density at radius 1 is 1.02 bits per heavy atom. The molecule has 1 aromatic heterocycles. The molecular weight excluding hydrogens is 521 g/mol. The molecule has 0 bridgehead atoms. The molecule has 3 amide bonds. The average molecular weight is 550 g/mol. The van der Waals surface area contributed by atoms with Crippen molar-refractivity contribution in [1.82, 2.24) is 15.2 Å². The van der Waals surface area contributed by atoms with Crippen LogP contribution < -0.4 is 15.5 Å². The largest absolute Gasteiger partial charge is 0.481 e. The fourth-order valence-corrected chi connectivity index (χ4v) is 4.40. The minimum Gasteiger partial charge on any atom is -0.481 e. The van der Waals surface area contributed by atoms with Gasteiger partial charge in [0, 0.05) is 44.1 Å². The van der Waals surface area contributed by atoms with E-state index in [0.717, 1.165) is 0 Å². The summed E-state index contributed by atoms with van der Waals surface area (Å²) in [7, 11) is 1.22. The van der Waals surface area contributed by atoms with Gasteiger partial charge in [0.15, 0.2) is 0 Å². The smallest absolute Gasteiger partial charge is 0.411 e. The number of aromatic nitrogens is 1. The van der Waals surface area contributed by atoms with Crippen molar-refractivity contribution in [3.05, 3.63) is 89.5 Å². The SMILES string of the molecule is COC(=O)Nc1cc(C(=O)NC(CC(=O)O)c2ccc(F)cc2)ccc1N1CCN(C(=O)c2cccnc2)CC1. The Hall–Kier alpha value is -5.00. The van der Waals surface area contributed by atoms with Crippen LogP contribution in [-0.4, -0.2) is 72.2 Å². The number of nitrogens with zero attached hydrogens (tertiary/aromatic N) is 3. The Kier molecular flexibility index (Phi) is 8.89. The number of aliphatic carboxylic acids is 1. The lowest BCUT2D eigenvalue weighted by molar-refractivity contribution is -0.137. The van der Waals surface area contributed by atoms with Crippen LogP contribution in [0.15, 0.2) is 67.0 Å². The first-order chi connectivity index (χ1) is 19.2. The van der Waals surface area contributed by atoms with Crippen molar-refractivity contribution in [2.45, 2.75) is 12.5 Å². The number of methoxy groups -OCH3 is 1. The number of pyridine rings is 1. The van der Waals surface area contributed by atoms with Gasteiger partial charge < -0.3 is 25.0 Å². The van der Waals surface area contributed by atoms with E-state index in [9.17, 15) is 28.7 Å². The van der Waals surface area contributed by atoms with E-state index < -0.39 is 36.2 Å². The monoisotopic (exact) mass is 549 g/mol. The molecule has 3 aromatic rings. The predicted octanol–water partition coefficient (Wildman–Crippen LogP) is 3.31. The first-order valence-electron chi connectivity index (χ1n) is 12.5. The lowest BCUT2D eigenvalue weighted by atomic mass is 10.0. The number of hydrogen-bond acceptors (Lipinski definition) is 7. The van der Waals surface area contributed by atoms with E-state index in [1.54, 1.807) is 35.4 Å². The Morgan fingerprint density at radius 3 is 2.38 bits per heavy atom. The lowest BCUT2D eigenvalue weighted by Gasteiger charge is -2.37. The van der Waals surface area contributed by atoms with E-state index in [2.05, 4.69) is 15.6 Å². The number of benzene rings is 2. The van der Waals surface area contributed by atoms with Crippen molar-refractivity contribution >= 4 is 35.3 Å². The molecule has 1 fully saturated rings. The zero-order valence-corrected chi connectivity index (χ0v) is 21.7. The van der Waals surface area contributed by atoms with Gasteiger partial charge in [-0.15, -0.1) is 0 Å². The molecule has 12 heteroatoms. The summed E-state index contributed by atoms with van der Waals surface area (Å²) in [5, 5.41) is 14.6. The van der Waals surface area contributed by atoms with E-state index in [-0.39, 0.29) is 11.5 Å². The van der Waals surface area contributed by atoms with Crippen molar-refractivity contribution < 1.29 is 33.4 Å². The number of hydrogen-bond donors (Lipinski definition) is 3. The highest BCUT2D eigenvalue weighted by Crippen LogP contribution is 2.29. The highest BCUT2D eigenvalue weighted by molar-refractivity contribution is 5.99. The van der Waals surface area contributed by atoms with Gasteiger partial charge in [-0.3, -0.25) is 24.7 Å². The van der Waals surface area contributed by atoms with Crippen LogP contribution in [-0.2, 0) is 9.53 Å². The second kappa shape index (κ2) is 12.7. The first-order valence-corrected chi connectivity index (χ1v) is 12.5. The number of carbonyl (C=O) groups is 4. The van der Waals surface area contributed by atoms with Crippen LogP contribution in [0.2, 0.25) is 0 Å². The van der Waals surface area contributed by atoms with Crippen molar-refractivity contribution in [1.29, 1.82) is 0 Å². The molecule has 208 valence electrons. The molecule has 1 unspecified atom stereocenters. The molecule has 2 aromatic carbocycles. The standard InChI is InChI=1S/C28H28FN5O6/c1-40-28(39)32-23-15-19(26(37)31-22(16-25(35)36)18-4-7-21(29)8-5-18)6-9-24(23)33-11-13-34(14-12-33)27(38)20-3-2-10-30-17-20/h2-10,15,17,22H,11-14,16H2,1H3,(H,31,37)(H,32,39)(H,35,36). The van der Waals surface area contributed by atoms with E-state index in [0.29, 0.717) is 48.7 Å². The highest BCUT2D eigenvalue weighted by atomic mass is 19.1. The fraction of sp³-hybridized carbons (Fsp3) is 0.250. The maximum absolute atomic E-state index is 13.4. The van der Waals surface area contributed by atoms with Crippen LogP contribution in [0.5, 0.6) is 0 Å². The highest BCUT2D eigenvalue weighted by Gasteiger charge is 2.25. The number of amides is 3. The third-order valence-corrected chi connectivity index (χ3v) is 6.45. The van der Waals surface area contributed by atoms with Gasteiger partial charge in [0.05, 0.1) is 36.5 Å². The molecular formula is C28H28FN5O6. The molecule has 0 saturated carbocycles. The van der Waals surface area contributed by atoms with Gasteiger partial charge in [0.1, 0.15) is 5.82 Å². The zero-order valence-electron chi connectivity index (χ0n) is 21.7. The fourth-order valence-electron chi connectivity index (χ4n) is 4.40. The summed E-state index contributed by atoms with van der Waals surface area (Å²) in [5.41, 5.74) is 2.03. The van der Waals surface area contributed by atoms with Crippen molar-refractivity contribution in [2.24, 2.45) is 0 Å². The van der Waals surface area contributed by atoms with E-state index in [4.69, 9.17) is 4.74 Å². The Labute approximate surface area is 229 Å². The Balaban J connectivity index is 1.52. The second-order valence-electron chi connectivity index (χ2n) is 9.04. The molecule has 0 aliphatic carbocycles. The molecule has 0 radical (unpaired) electrons. The number of carboxylic acid groups (broad SMARTS) is 1. The number of halogens is 1. The van der Waals surface area contributed by atoms with Gasteiger partial charge in [-0.1, -0.05) is 12.1 Å². The lowest BCUT2D eigenvalue weighted by Crippen LogP contribution is -2.49. The number of anilines is 2. The molecule has 1 aliphatic heterocycles. The van der Waals surface area contributed by atoms with Gasteiger partial charge in [-0.05, 0) is 48.0 Å². The normalized spacial score (nSPS) is 13.8. The van der Waals surface area contributed by atoms with E-state index in [1.807, 2.05) is 4.90 Å². The zero-order chi connectivity index (χ0) is 28.6. The number of nitrogens with one attached hydrogen (secondary N) is 2. The summed E-state index contributed by atoms with van der Waals surface area (Å²) in [6.45, 7) is 1.81. The number of rotatable bonds is 8. The van der Waals surface area contributed by atoms with Gasteiger partial charge >= 0.3 is 12.1 Å². The maximum Gasteiger partial charge on any atom is 0.411 e. The summed E-state index contributed by atoms with van der Waals surface area (Å²) in [6, 6.07) is 12.4. The van der Waals surface area contributed by atoms with E-state index >= 15 is 0 Å². The molecule has 40 heavy (non-hydrogen) atoms. The van der Waals surface area contributed by atoms with E-state index in [1.165, 1.54) is 43.6 Å². The number of carboxylic acids is 1. The molecule has 1 atom stereocenters. The van der Waals surface area contributed by atoms with Crippen LogP contribution in [0.3, 0.4) is 0 Å². The average Bonchev–Trinajstić information content (AvgIpc) is 2.97. The van der Waals surface area contributed by atoms with Gasteiger partial charge in [-0.2, -0.15) is 0 Å². The molecule has 1 saturated heterocycles. The minimum atomic E-state index is -1.14. The third-order valence-electron chi connectivity index (χ3n) is 6.45. The van der Waals surface area contributed by atoms with Crippen molar-refractivity contribution in [3.63, 3.8) is 0 Å². The number of carbonyl (C=O) groups excluding carboxylic acids is 3. The minimum absolute atomic E-state index is 0.121. The first kappa shape index (κ1) is 28.0. The summed E-state index contributed by atoms with van der Waals surface area (Å²) in [4.78, 5) is 57.1. The summed E-state index contributed by atoms with van der Waals surface area (Å²) in [6.07, 6.45) is 1.97. The summed E-state index contributed by atoms with van der Waals surface area (Å²) in [5.74, 6) is -2.33. The van der Waals surface area contributed by atoms with Gasteiger partial charge in [0.2, 0.25) is 0 Å². The van der Waals surface area contributed by atoms with Crippen LogP contribution >= 0.6 is 0 Å². The van der Waals surface area contributed by atoms with Crippen LogP contribution in [0.25, 0.3) is 0 Å². The van der Waals surface area contributed by atoms with Crippen LogP contribution in [0, 0.1) is 5.82 Å². The second-order valence-corrected chi connectivity index (χ2v) is 9.04. The summed E-state index contributed by atoms with van der Waals surface area (Å²) < 4.78 is 18.1. The molecule has 3 N–H and O–H groups in total. The Bertz CT molecular complexity index is 1380. The predicted molar refractivity (Wildman–Crippen MR) is 144 cm³/mol. The Morgan fingerprint density at radius 2 is 1.75 bits per heavy atom. The molecule has 4 rings (SSSR count). The quantitative estimate of drug-likeness (QED) is 0.389. The molecule has 2 heterocycles. The van der Waals surface area contributed by atoms with Gasteiger partial charge in [0.25, 0.3) is 11.8 Å². The van der Waals surface area contributed by atoms with Crippen molar-refractivity contribution in [2.75, 3.05) is 43.5 Å². The molecule has 0 spiro atoms. The number of piperazine rings is 1. The van der Waals surface area contributed by atoms with Crippen LogP contribution in [0.1, 0.15) is 38.7 Å². The summed E-state index contributed by atoms with van der Waals surface area (Å²) >= 11 is 0. The van der Waals surface area contributed by atoms with Crippen molar-refractivity contribution in [3.8, 4) is 0 Å². The van der Waals surface area contributed by atoms with Crippen LogP contribution in [0.4, 0.5) is 20.6 Å². The maximum atomic E-state index is 13.4. The molecule has 1 aliphatic rings. The molecule has 11 nitrogen and oxygen atoms in total. The number of ether oxygens (including phenoxy) is 1. The topological polar surface area (TPSA) is 141 Å².